The van der Waals surface area contributed by atoms with E-state index in [1.165, 1.54) is 5.56 Å². The van der Waals surface area contributed by atoms with E-state index in [1.807, 2.05) is 48.2 Å². The van der Waals surface area contributed by atoms with E-state index in [9.17, 15) is 9.59 Å². The first kappa shape index (κ1) is 21.6. The Morgan fingerprint density at radius 2 is 1.83 bits per heavy atom. The smallest absolute Gasteiger partial charge is 0.253 e. The van der Waals surface area contributed by atoms with Gasteiger partial charge in [-0.1, -0.05) is 45.8 Å². The number of carbonyl (C=O) groups is 2. The van der Waals surface area contributed by atoms with Crippen LogP contribution in [-0.2, 0) is 11.2 Å². The lowest BCUT2D eigenvalue weighted by atomic mass is 9.95. The summed E-state index contributed by atoms with van der Waals surface area (Å²) in [6.45, 7) is 5.27. The molecule has 1 aliphatic rings. The van der Waals surface area contributed by atoms with E-state index in [4.69, 9.17) is 0 Å². The van der Waals surface area contributed by atoms with Crippen molar-refractivity contribution < 1.29 is 9.59 Å². The van der Waals surface area contributed by atoms with Gasteiger partial charge < -0.3 is 10.2 Å². The number of hydrogen-bond acceptors (Lipinski definition) is 2. The SMILES string of the molecule is Cc1ccc(C(=O)N2CCCC(C(=O)NC(C)CCc3ccc(Br)cc3)C2)cc1. The molecule has 5 heteroatoms. The van der Waals surface area contributed by atoms with Crippen LogP contribution in [0, 0.1) is 12.8 Å². The molecule has 2 aromatic carbocycles. The van der Waals surface area contributed by atoms with Crippen molar-refractivity contribution in [3.63, 3.8) is 0 Å². The number of halogens is 1. The molecule has 0 bridgehead atoms. The Hall–Kier alpha value is -2.14. The Morgan fingerprint density at radius 3 is 2.52 bits per heavy atom. The molecule has 0 radical (unpaired) electrons. The Bertz CT molecular complexity index is 833. The van der Waals surface area contributed by atoms with Crippen molar-refractivity contribution in [2.45, 2.75) is 45.6 Å². The Kier molecular flexibility index (Phi) is 7.48. The fourth-order valence-corrected chi connectivity index (χ4v) is 3.99. The lowest BCUT2D eigenvalue weighted by Crippen LogP contribution is -2.47. The summed E-state index contributed by atoms with van der Waals surface area (Å²) < 4.78 is 1.07. The second kappa shape index (κ2) is 10.1. The minimum Gasteiger partial charge on any atom is -0.353 e. The van der Waals surface area contributed by atoms with Crippen molar-refractivity contribution in [2.24, 2.45) is 5.92 Å². The third-order valence-electron chi connectivity index (χ3n) is 5.55. The highest BCUT2D eigenvalue weighted by atomic mass is 79.9. The molecule has 2 atom stereocenters. The van der Waals surface area contributed by atoms with Crippen LogP contribution in [0.25, 0.3) is 0 Å². The molecule has 2 aromatic rings. The van der Waals surface area contributed by atoms with Crippen molar-refractivity contribution in [3.05, 3.63) is 69.7 Å². The van der Waals surface area contributed by atoms with Gasteiger partial charge >= 0.3 is 0 Å². The van der Waals surface area contributed by atoms with Crippen LogP contribution in [0.15, 0.2) is 53.0 Å². The standard InChI is InChI=1S/C24H29BrN2O2/c1-17-5-11-20(12-6-17)24(29)27-15-3-4-21(16-27)23(28)26-18(2)7-8-19-9-13-22(25)14-10-19/h5-6,9-14,18,21H,3-4,7-8,15-16H2,1-2H3,(H,26,28). The van der Waals surface area contributed by atoms with Crippen molar-refractivity contribution in [2.75, 3.05) is 13.1 Å². The van der Waals surface area contributed by atoms with Crippen molar-refractivity contribution in [1.29, 1.82) is 0 Å². The van der Waals surface area contributed by atoms with Crippen LogP contribution < -0.4 is 5.32 Å². The topological polar surface area (TPSA) is 49.4 Å². The summed E-state index contributed by atoms with van der Waals surface area (Å²) in [4.78, 5) is 27.4. The molecular formula is C24H29BrN2O2. The molecule has 2 unspecified atom stereocenters. The molecule has 29 heavy (non-hydrogen) atoms. The van der Waals surface area contributed by atoms with Crippen LogP contribution in [0.5, 0.6) is 0 Å². The summed E-state index contributed by atoms with van der Waals surface area (Å²) in [5.41, 5.74) is 3.09. The fraction of sp³-hybridized carbons (Fsp3) is 0.417. The first-order chi connectivity index (χ1) is 13.9. The minimum absolute atomic E-state index is 0.0192. The van der Waals surface area contributed by atoms with Crippen LogP contribution in [0.2, 0.25) is 0 Å². The first-order valence-electron chi connectivity index (χ1n) is 10.3. The molecule has 0 spiro atoms. The molecular weight excluding hydrogens is 428 g/mol. The number of benzene rings is 2. The Balaban J connectivity index is 1.50. The quantitative estimate of drug-likeness (QED) is 0.681. The van der Waals surface area contributed by atoms with E-state index in [2.05, 4.69) is 40.3 Å². The van der Waals surface area contributed by atoms with Crippen LogP contribution in [0.4, 0.5) is 0 Å². The number of carbonyl (C=O) groups excluding carboxylic acids is 2. The number of piperidine rings is 1. The van der Waals surface area contributed by atoms with Crippen LogP contribution >= 0.6 is 15.9 Å². The molecule has 3 rings (SSSR count). The van der Waals surface area contributed by atoms with E-state index >= 15 is 0 Å². The normalized spacial score (nSPS) is 17.6. The third-order valence-corrected chi connectivity index (χ3v) is 6.07. The fourth-order valence-electron chi connectivity index (χ4n) is 3.72. The highest BCUT2D eigenvalue weighted by Crippen LogP contribution is 2.20. The maximum absolute atomic E-state index is 12.8. The summed E-state index contributed by atoms with van der Waals surface area (Å²) in [5, 5.41) is 3.15. The summed E-state index contributed by atoms with van der Waals surface area (Å²) >= 11 is 3.45. The molecule has 1 fully saturated rings. The lowest BCUT2D eigenvalue weighted by molar-refractivity contribution is -0.127. The zero-order valence-electron chi connectivity index (χ0n) is 17.2. The second-order valence-corrected chi connectivity index (χ2v) is 8.95. The average molecular weight is 457 g/mol. The van der Waals surface area contributed by atoms with Crippen molar-refractivity contribution in [3.8, 4) is 0 Å². The molecule has 4 nitrogen and oxygen atoms in total. The zero-order valence-corrected chi connectivity index (χ0v) is 18.7. The van der Waals surface area contributed by atoms with Crippen LogP contribution in [-0.4, -0.2) is 35.8 Å². The highest BCUT2D eigenvalue weighted by Gasteiger charge is 2.29. The number of nitrogens with zero attached hydrogens (tertiary/aromatic N) is 1. The highest BCUT2D eigenvalue weighted by molar-refractivity contribution is 9.10. The van der Waals surface area contributed by atoms with Crippen LogP contribution in [0.1, 0.15) is 47.7 Å². The predicted molar refractivity (Wildman–Crippen MR) is 120 cm³/mol. The predicted octanol–water partition coefficient (Wildman–Crippen LogP) is 4.75. The van der Waals surface area contributed by atoms with Crippen molar-refractivity contribution >= 4 is 27.7 Å². The number of aryl methyl sites for hydroxylation is 2. The van der Waals surface area contributed by atoms with Crippen LogP contribution in [0.3, 0.4) is 0 Å². The van der Waals surface area contributed by atoms with Gasteiger partial charge in [-0.15, -0.1) is 0 Å². The van der Waals surface area contributed by atoms with Gasteiger partial charge in [-0.3, -0.25) is 9.59 Å². The van der Waals surface area contributed by atoms with E-state index < -0.39 is 0 Å². The molecule has 1 saturated heterocycles. The molecule has 1 heterocycles. The summed E-state index contributed by atoms with van der Waals surface area (Å²) in [7, 11) is 0. The van der Waals surface area contributed by atoms with Gasteiger partial charge in [-0.2, -0.15) is 0 Å². The van der Waals surface area contributed by atoms with Gasteiger partial charge in [-0.05, 0) is 69.4 Å². The van der Waals surface area contributed by atoms with E-state index in [1.54, 1.807) is 0 Å². The average Bonchev–Trinajstić information content (AvgIpc) is 2.73. The van der Waals surface area contributed by atoms with Gasteiger partial charge in [0.05, 0.1) is 5.92 Å². The van der Waals surface area contributed by atoms with Gasteiger partial charge in [0.25, 0.3) is 5.91 Å². The maximum Gasteiger partial charge on any atom is 0.253 e. The molecule has 154 valence electrons. The number of nitrogens with one attached hydrogen (secondary N) is 1. The monoisotopic (exact) mass is 456 g/mol. The molecule has 1 aliphatic heterocycles. The van der Waals surface area contributed by atoms with E-state index in [0.29, 0.717) is 12.1 Å². The Labute approximate surface area is 181 Å². The maximum atomic E-state index is 12.8. The molecule has 2 amide bonds. The number of likely N-dealkylation sites (tertiary alicyclic amines) is 1. The van der Waals surface area contributed by atoms with Gasteiger partial charge in [0.1, 0.15) is 0 Å². The summed E-state index contributed by atoms with van der Waals surface area (Å²) in [6, 6.07) is 16.0. The van der Waals surface area contributed by atoms with Gasteiger partial charge in [0.2, 0.25) is 5.91 Å². The second-order valence-electron chi connectivity index (χ2n) is 8.03. The van der Waals surface area contributed by atoms with E-state index in [-0.39, 0.29) is 23.8 Å². The number of rotatable bonds is 6. The number of amides is 2. The van der Waals surface area contributed by atoms with E-state index in [0.717, 1.165) is 42.3 Å². The number of hydrogen-bond donors (Lipinski definition) is 1. The largest absolute Gasteiger partial charge is 0.353 e. The Morgan fingerprint density at radius 1 is 1.14 bits per heavy atom. The first-order valence-corrected chi connectivity index (χ1v) is 11.1. The lowest BCUT2D eigenvalue weighted by Gasteiger charge is -2.32. The molecule has 1 N–H and O–H groups in total. The molecule has 0 aromatic heterocycles. The zero-order chi connectivity index (χ0) is 20.8. The molecule has 0 saturated carbocycles. The van der Waals surface area contributed by atoms with Crippen molar-refractivity contribution in [1.82, 2.24) is 10.2 Å². The minimum atomic E-state index is -0.131. The summed E-state index contributed by atoms with van der Waals surface area (Å²) in [6.07, 6.45) is 3.52. The molecule has 0 aliphatic carbocycles. The van der Waals surface area contributed by atoms with Gasteiger partial charge in [0, 0.05) is 29.2 Å². The third kappa shape index (κ3) is 6.17. The van der Waals surface area contributed by atoms with Gasteiger partial charge in [-0.25, -0.2) is 0 Å². The summed E-state index contributed by atoms with van der Waals surface area (Å²) in [5.74, 6) is -0.0474. The van der Waals surface area contributed by atoms with Gasteiger partial charge in [0.15, 0.2) is 0 Å².